The minimum Gasteiger partial charge on any atom is -0.379 e. The molecule has 18 heavy (non-hydrogen) atoms. The number of aryl methyl sites for hydroxylation is 2. The summed E-state index contributed by atoms with van der Waals surface area (Å²) in [5.41, 5.74) is 4.27. The molecule has 2 aromatic rings. The van der Waals surface area contributed by atoms with Crippen LogP contribution in [0.4, 0.5) is 5.69 Å². The Bertz CT molecular complexity index is 560. The Morgan fingerprint density at radius 1 is 1.33 bits per heavy atom. The molecule has 0 unspecified atom stereocenters. The molecule has 1 aromatic heterocycles. The van der Waals surface area contributed by atoms with Crippen LogP contribution in [0.5, 0.6) is 0 Å². The fourth-order valence-corrected chi connectivity index (χ4v) is 1.85. The summed E-state index contributed by atoms with van der Waals surface area (Å²) in [6.45, 7) is 2.73. The second kappa shape index (κ2) is 5.37. The van der Waals surface area contributed by atoms with Gasteiger partial charge in [0, 0.05) is 12.7 Å². The predicted molar refractivity (Wildman–Crippen MR) is 71.0 cm³/mol. The highest BCUT2D eigenvalue weighted by molar-refractivity contribution is 5.45. The summed E-state index contributed by atoms with van der Waals surface area (Å²) in [5.74, 6) is 0. The van der Waals surface area contributed by atoms with E-state index in [1.807, 2.05) is 42.9 Å². The van der Waals surface area contributed by atoms with Crippen LogP contribution in [0.15, 0.2) is 30.3 Å². The molecule has 0 aliphatic carbocycles. The topological polar surface area (TPSA) is 53.6 Å². The van der Waals surface area contributed by atoms with Gasteiger partial charge in [-0.2, -0.15) is 10.4 Å². The third-order valence-corrected chi connectivity index (χ3v) is 2.81. The Balaban J connectivity index is 1.98. The van der Waals surface area contributed by atoms with Crippen molar-refractivity contribution in [2.24, 2.45) is 7.05 Å². The van der Waals surface area contributed by atoms with E-state index in [0.717, 1.165) is 29.2 Å². The standard InChI is InChI=1S/C14H16N4/c1-11-9-14(18(2)17-11)10-16-13-5-3-12(4-6-13)7-8-15/h3-6,9,16H,7,10H2,1-2H3. The van der Waals surface area contributed by atoms with Crippen LogP contribution >= 0.6 is 0 Å². The zero-order chi connectivity index (χ0) is 13.0. The van der Waals surface area contributed by atoms with E-state index in [2.05, 4.69) is 22.6 Å². The van der Waals surface area contributed by atoms with Crippen molar-refractivity contribution in [2.45, 2.75) is 19.9 Å². The number of hydrogen-bond donors (Lipinski definition) is 1. The lowest BCUT2D eigenvalue weighted by molar-refractivity contribution is 0.713. The molecule has 1 N–H and O–H groups in total. The Kier molecular flexibility index (Phi) is 3.63. The van der Waals surface area contributed by atoms with Crippen LogP contribution in [0.1, 0.15) is 17.0 Å². The smallest absolute Gasteiger partial charge is 0.0669 e. The molecule has 2 rings (SSSR count). The van der Waals surface area contributed by atoms with Crippen molar-refractivity contribution in [1.29, 1.82) is 5.26 Å². The summed E-state index contributed by atoms with van der Waals surface area (Å²) in [7, 11) is 1.94. The summed E-state index contributed by atoms with van der Waals surface area (Å²) in [6, 6.07) is 12.1. The van der Waals surface area contributed by atoms with Gasteiger partial charge in [-0.1, -0.05) is 12.1 Å². The Hall–Kier alpha value is -2.28. The molecular formula is C14H16N4. The SMILES string of the molecule is Cc1cc(CNc2ccc(CC#N)cc2)n(C)n1. The van der Waals surface area contributed by atoms with E-state index in [1.165, 1.54) is 0 Å². The van der Waals surface area contributed by atoms with E-state index in [0.29, 0.717) is 6.42 Å². The van der Waals surface area contributed by atoms with Crippen LogP contribution in [-0.2, 0) is 20.0 Å². The molecule has 0 saturated carbocycles. The monoisotopic (exact) mass is 240 g/mol. The predicted octanol–water partition coefficient (Wildman–Crippen LogP) is 2.41. The lowest BCUT2D eigenvalue weighted by atomic mass is 10.1. The zero-order valence-corrected chi connectivity index (χ0v) is 10.6. The lowest BCUT2D eigenvalue weighted by Crippen LogP contribution is -2.05. The van der Waals surface area contributed by atoms with Crippen LogP contribution in [0, 0.1) is 18.3 Å². The van der Waals surface area contributed by atoms with Crippen LogP contribution in [0.3, 0.4) is 0 Å². The van der Waals surface area contributed by atoms with Gasteiger partial charge in [-0.05, 0) is 30.7 Å². The third-order valence-electron chi connectivity index (χ3n) is 2.81. The number of benzene rings is 1. The fraction of sp³-hybridized carbons (Fsp3) is 0.286. The van der Waals surface area contributed by atoms with Crippen LogP contribution in [0.2, 0.25) is 0 Å². The van der Waals surface area contributed by atoms with Crippen LogP contribution in [0.25, 0.3) is 0 Å². The first-order valence-electron chi connectivity index (χ1n) is 5.88. The first-order chi connectivity index (χ1) is 8.69. The molecule has 92 valence electrons. The van der Waals surface area contributed by atoms with Crippen molar-refractivity contribution < 1.29 is 0 Å². The molecular weight excluding hydrogens is 224 g/mol. The average molecular weight is 240 g/mol. The van der Waals surface area contributed by atoms with Crippen LogP contribution < -0.4 is 5.32 Å². The molecule has 0 bridgehead atoms. The van der Waals surface area contributed by atoms with E-state index in [4.69, 9.17) is 5.26 Å². The second-order valence-corrected chi connectivity index (χ2v) is 4.29. The molecule has 0 atom stereocenters. The third kappa shape index (κ3) is 2.89. The van der Waals surface area contributed by atoms with E-state index >= 15 is 0 Å². The van der Waals surface area contributed by atoms with E-state index in [-0.39, 0.29) is 0 Å². The summed E-state index contributed by atoms with van der Waals surface area (Å²) < 4.78 is 1.88. The van der Waals surface area contributed by atoms with Crippen molar-refractivity contribution in [3.63, 3.8) is 0 Å². The number of anilines is 1. The molecule has 0 amide bonds. The number of nitrogens with zero attached hydrogens (tertiary/aromatic N) is 3. The normalized spacial score (nSPS) is 10.1. The maximum atomic E-state index is 8.60. The fourth-order valence-electron chi connectivity index (χ4n) is 1.85. The van der Waals surface area contributed by atoms with Crippen molar-refractivity contribution in [2.75, 3.05) is 5.32 Å². The number of hydrogen-bond acceptors (Lipinski definition) is 3. The van der Waals surface area contributed by atoms with Gasteiger partial charge >= 0.3 is 0 Å². The van der Waals surface area contributed by atoms with Gasteiger partial charge in [0.2, 0.25) is 0 Å². The Morgan fingerprint density at radius 3 is 2.61 bits per heavy atom. The van der Waals surface area contributed by atoms with Gasteiger partial charge in [0.25, 0.3) is 0 Å². The van der Waals surface area contributed by atoms with Gasteiger partial charge in [-0.15, -0.1) is 0 Å². The molecule has 0 aliphatic heterocycles. The average Bonchev–Trinajstić information content (AvgIpc) is 2.67. The molecule has 0 radical (unpaired) electrons. The van der Waals surface area contributed by atoms with Crippen LogP contribution in [-0.4, -0.2) is 9.78 Å². The number of nitrogens with one attached hydrogen (secondary N) is 1. The minimum absolute atomic E-state index is 0.460. The van der Waals surface area contributed by atoms with E-state index in [9.17, 15) is 0 Å². The largest absolute Gasteiger partial charge is 0.379 e. The summed E-state index contributed by atoms with van der Waals surface area (Å²) in [6.07, 6.45) is 0.460. The summed E-state index contributed by atoms with van der Waals surface area (Å²) in [5, 5.41) is 16.2. The van der Waals surface area contributed by atoms with Gasteiger partial charge < -0.3 is 5.32 Å². The molecule has 0 aliphatic rings. The summed E-state index contributed by atoms with van der Waals surface area (Å²) >= 11 is 0. The van der Waals surface area contributed by atoms with Gasteiger partial charge in [0.05, 0.1) is 30.4 Å². The molecule has 0 saturated heterocycles. The van der Waals surface area contributed by atoms with Crippen molar-refractivity contribution in [3.05, 3.63) is 47.3 Å². The maximum Gasteiger partial charge on any atom is 0.0669 e. The molecule has 0 fully saturated rings. The first-order valence-corrected chi connectivity index (χ1v) is 5.88. The second-order valence-electron chi connectivity index (χ2n) is 4.29. The highest BCUT2D eigenvalue weighted by atomic mass is 15.3. The molecule has 1 heterocycles. The quantitative estimate of drug-likeness (QED) is 0.892. The number of aromatic nitrogens is 2. The molecule has 1 aromatic carbocycles. The Morgan fingerprint density at radius 2 is 2.06 bits per heavy atom. The number of rotatable bonds is 4. The van der Waals surface area contributed by atoms with E-state index < -0.39 is 0 Å². The van der Waals surface area contributed by atoms with Crippen molar-refractivity contribution >= 4 is 5.69 Å². The number of nitriles is 1. The minimum atomic E-state index is 0.460. The highest BCUT2D eigenvalue weighted by Gasteiger charge is 2.01. The molecule has 4 nitrogen and oxygen atoms in total. The summed E-state index contributed by atoms with van der Waals surface area (Å²) in [4.78, 5) is 0. The first kappa shape index (κ1) is 12.2. The molecule has 4 heteroatoms. The van der Waals surface area contributed by atoms with Crippen molar-refractivity contribution in [1.82, 2.24) is 9.78 Å². The maximum absolute atomic E-state index is 8.60. The van der Waals surface area contributed by atoms with Gasteiger partial charge in [-0.3, -0.25) is 4.68 Å². The Labute approximate surface area is 107 Å². The van der Waals surface area contributed by atoms with Gasteiger partial charge in [-0.25, -0.2) is 0 Å². The van der Waals surface area contributed by atoms with E-state index in [1.54, 1.807) is 0 Å². The zero-order valence-electron chi connectivity index (χ0n) is 10.6. The van der Waals surface area contributed by atoms with Crippen molar-refractivity contribution in [3.8, 4) is 6.07 Å². The van der Waals surface area contributed by atoms with Gasteiger partial charge in [0.1, 0.15) is 0 Å². The highest BCUT2D eigenvalue weighted by Crippen LogP contribution is 2.12. The molecule has 0 spiro atoms. The van der Waals surface area contributed by atoms with Gasteiger partial charge in [0.15, 0.2) is 0 Å². The lowest BCUT2D eigenvalue weighted by Gasteiger charge is -2.07.